The molecule has 0 aliphatic heterocycles. The van der Waals surface area contributed by atoms with Gasteiger partial charge in [0.2, 0.25) is 5.91 Å². The summed E-state index contributed by atoms with van der Waals surface area (Å²) in [7, 11) is 2.95. The molecule has 1 rings (SSSR count). The minimum Gasteiger partial charge on any atom is -0.468 e. The Morgan fingerprint density at radius 3 is 2.47 bits per heavy atom. The van der Waals surface area contributed by atoms with Crippen molar-refractivity contribution in [3.63, 3.8) is 0 Å². The largest absolute Gasteiger partial charge is 0.468 e. The molecule has 1 aromatic heterocycles. The van der Waals surface area contributed by atoms with Crippen LogP contribution in [-0.4, -0.2) is 37.5 Å². The van der Waals surface area contributed by atoms with Crippen molar-refractivity contribution in [2.24, 2.45) is 5.41 Å². The van der Waals surface area contributed by atoms with Crippen molar-refractivity contribution < 1.29 is 18.7 Å². The molecule has 0 atom stereocenters. The molecule has 0 fully saturated rings. The monoisotopic (exact) mass is 267 g/mol. The number of nitrogens with zero attached hydrogens (tertiary/aromatic N) is 1. The fourth-order valence-electron chi connectivity index (χ4n) is 1.82. The zero-order valence-corrected chi connectivity index (χ0v) is 12.1. The Morgan fingerprint density at radius 2 is 2.00 bits per heavy atom. The number of aryl methyl sites for hydroxylation is 1. The molecule has 1 aromatic rings. The van der Waals surface area contributed by atoms with Crippen molar-refractivity contribution >= 4 is 11.9 Å². The van der Waals surface area contributed by atoms with Crippen LogP contribution in [0.15, 0.2) is 16.5 Å². The van der Waals surface area contributed by atoms with Crippen LogP contribution >= 0.6 is 0 Å². The van der Waals surface area contributed by atoms with E-state index < -0.39 is 11.4 Å². The van der Waals surface area contributed by atoms with Gasteiger partial charge in [0.15, 0.2) is 0 Å². The molecule has 0 unspecified atom stereocenters. The number of ether oxygens (including phenoxy) is 1. The molecule has 0 aliphatic carbocycles. The van der Waals surface area contributed by atoms with Crippen LogP contribution in [0.25, 0.3) is 0 Å². The molecule has 0 radical (unpaired) electrons. The molecule has 1 heterocycles. The topological polar surface area (TPSA) is 59.8 Å². The van der Waals surface area contributed by atoms with Gasteiger partial charge in [0.1, 0.15) is 16.9 Å². The van der Waals surface area contributed by atoms with Crippen LogP contribution in [0.5, 0.6) is 0 Å². The maximum Gasteiger partial charge on any atom is 0.320 e. The summed E-state index contributed by atoms with van der Waals surface area (Å²) in [5, 5.41) is 0. The van der Waals surface area contributed by atoms with Gasteiger partial charge in [-0.05, 0) is 32.9 Å². The quantitative estimate of drug-likeness (QED) is 0.603. The first-order valence-electron chi connectivity index (χ1n) is 6.18. The standard InChI is InChI=1S/C14H21NO4/c1-10-6-7-11(19-10)8-9-15(4)12(16)14(2,3)13(17)18-5/h6-7H,8-9H2,1-5H3. The summed E-state index contributed by atoms with van der Waals surface area (Å²) < 4.78 is 10.1. The predicted octanol–water partition coefficient (Wildman–Crippen LogP) is 1.79. The van der Waals surface area contributed by atoms with Gasteiger partial charge in [-0.3, -0.25) is 9.59 Å². The van der Waals surface area contributed by atoms with Gasteiger partial charge in [-0.15, -0.1) is 0 Å². The Kier molecular flexibility index (Phi) is 4.75. The van der Waals surface area contributed by atoms with E-state index in [4.69, 9.17) is 4.42 Å². The molecule has 0 saturated carbocycles. The molecule has 5 nitrogen and oxygen atoms in total. The van der Waals surface area contributed by atoms with Crippen molar-refractivity contribution in [3.8, 4) is 0 Å². The average molecular weight is 267 g/mol. The van der Waals surface area contributed by atoms with Crippen LogP contribution in [0.4, 0.5) is 0 Å². The predicted molar refractivity (Wildman–Crippen MR) is 70.6 cm³/mol. The van der Waals surface area contributed by atoms with Crippen LogP contribution < -0.4 is 0 Å². The Bertz CT molecular complexity index is 462. The number of likely N-dealkylation sites (N-methyl/N-ethyl adjacent to an activating group) is 1. The van der Waals surface area contributed by atoms with E-state index in [1.165, 1.54) is 12.0 Å². The van der Waals surface area contributed by atoms with Crippen LogP contribution in [0.2, 0.25) is 0 Å². The van der Waals surface area contributed by atoms with Crippen LogP contribution in [0, 0.1) is 12.3 Å². The van der Waals surface area contributed by atoms with Crippen LogP contribution in [-0.2, 0) is 20.7 Å². The fourth-order valence-corrected chi connectivity index (χ4v) is 1.82. The molecular weight excluding hydrogens is 246 g/mol. The molecule has 0 saturated heterocycles. The Balaban J connectivity index is 2.60. The number of hydrogen-bond acceptors (Lipinski definition) is 4. The molecule has 0 aliphatic rings. The lowest BCUT2D eigenvalue weighted by molar-refractivity contribution is -0.160. The van der Waals surface area contributed by atoms with Crippen LogP contribution in [0.1, 0.15) is 25.4 Å². The first-order valence-corrected chi connectivity index (χ1v) is 6.18. The number of carbonyl (C=O) groups is 2. The highest BCUT2D eigenvalue weighted by atomic mass is 16.5. The minimum absolute atomic E-state index is 0.261. The van der Waals surface area contributed by atoms with Gasteiger partial charge in [0.05, 0.1) is 7.11 Å². The Labute approximate surface area is 113 Å². The SMILES string of the molecule is COC(=O)C(C)(C)C(=O)N(C)CCc1ccc(C)o1. The lowest BCUT2D eigenvalue weighted by Gasteiger charge is -2.26. The van der Waals surface area contributed by atoms with Crippen molar-refractivity contribution in [1.29, 1.82) is 0 Å². The summed E-state index contributed by atoms with van der Waals surface area (Å²) in [6, 6.07) is 3.77. The van der Waals surface area contributed by atoms with Gasteiger partial charge >= 0.3 is 5.97 Å². The molecular formula is C14H21NO4. The van der Waals surface area contributed by atoms with E-state index in [1.807, 2.05) is 19.1 Å². The van der Waals surface area contributed by atoms with Gasteiger partial charge in [0.25, 0.3) is 0 Å². The van der Waals surface area contributed by atoms with E-state index in [1.54, 1.807) is 20.9 Å². The zero-order valence-electron chi connectivity index (χ0n) is 12.1. The number of furan rings is 1. The van der Waals surface area contributed by atoms with E-state index in [0.29, 0.717) is 13.0 Å². The zero-order chi connectivity index (χ0) is 14.6. The average Bonchev–Trinajstić information content (AvgIpc) is 2.79. The van der Waals surface area contributed by atoms with Gasteiger partial charge in [0, 0.05) is 20.0 Å². The van der Waals surface area contributed by atoms with Crippen molar-refractivity contribution in [2.75, 3.05) is 20.7 Å². The van der Waals surface area contributed by atoms with E-state index in [9.17, 15) is 9.59 Å². The third-order valence-corrected chi connectivity index (χ3v) is 3.07. The lowest BCUT2D eigenvalue weighted by Crippen LogP contribution is -2.44. The first kappa shape index (κ1) is 15.3. The number of esters is 1. The summed E-state index contributed by atoms with van der Waals surface area (Å²) in [5.74, 6) is 0.882. The lowest BCUT2D eigenvalue weighted by atomic mass is 9.92. The molecule has 0 N–H and O–H groups in total. The maximum atomic E-state index is 12.2. The molecule has 19 heavy (non-hydrogen) atoms. The molecule has 5 heteroatoms. The Morgan fingerprint density at radius 1 is 1.37 bits per heavy atom. The number of methoxy groups -OCH3 is 1. The number of rotatable bonds is 5. The van der Waals surface area contributed by atoms with Crippen LogP contribution in [0.3, 0.4) is 0 Å². The summed E-state index contributed by atoms with van der Waals surface area (Å²) in [6.45, 7) is 5.49. The van der Waals surface area contributed by atoms with E-state index in [2.05, 4.69) is 4.74 Å². The maximum absolute atomic E-state index is 12.2. The number of amides is 1. The van der Waals surface area contributed by atoms with Crippen molar-refractivity contribution in [2.45, 2.75) is 27.2 Å². The highest BCUT2D eigenvalue weighted by Crippen LogP contribution is 2.20. The Hall–Kier alpha value is -1.78. The van der Waals surface area contributed by atoms with E-state index >= 15 is 0 Å². The second-order valence-electron chi connectivity index (χ2n) is 5.11. The molecule has 0 bridgehead atoms. The third kappa shape index (κ3) is 3.59. The third-order valence-electron chi connectivity index (χ3n) is 3.07. The van der Waals surface area contributed by atoms with Crippen molar-refractivity contribution in [3.05, 3.63) is 23.7 Å². The fraction of sp³-hybridized carbons (Fsp3) is 0.571. The number of hydrogen-bond donors (Lipinski definition) is 0. The highest BCUT2D eigenvalue weighted by Gasteiger charge is 2.39. The summed E-state index contributed by atoms with van der Waals surface area (Å²) in [4.78, 5) is 25.3. The summed E-state index contributed by atoms with van der Waals surface area (Å²) in [5.41, 5.74) is -1.16. The van der Waals surface area contributed by atoms with Gasteiger partial charge < -0.3 is 14.1 Å². The molecule has 0 spiro atoms. The first-order chi connectivity index (χ1) is 8.78. The van der Waals surface area contributed by atoms with Gasteiger partial charge in [-0.25, -0.2) is 0 Å². The highest BCUT2D eigenvalue weighted by molar-refractivity contribution is 6.01. The number of carbonyl (C=O) groups excluding carboxylic acids is 2. The second-order valence-corrected chi connectivity index (χ2v) is 5.11. The van der Waals surface area contributed by atoms with Gasteiger partial charge in [-0.1, -0.05) is 0 Å². The second kappa shape index (κ2) is 5.91. The molecule has 106 valence electrons. The summed E-state index contributed by atoms with van der Waals surface area (Å²) in [6.07, 6.45) is 0.618. The van der Waals surface area contributed by atoms with Gasteiger partial charge in [-0.2, -0.15) is 0 Å². The molecule has 1 amide bonds. The normalized spacial score (nSPS) is 11.2. The smallest absolute Gasteiger partial charge is 0.320 e. The van der Waals surface area contributed by atoms with Crippen molar-refractivity contribution in [1.82, 2.24) is 4.90 Å². The minimum atomic E-state index is -1.16. The molecule has 0 aromatic carbocycles. The van der Waals surface area contributed by atoms with E-state index in [0.717, 1.165) is 11.5 Å². The summed E-state index contributed by atoms with van der Waals surface area (Å²) >= 11 is 0. The van der Waals surface area contributed by atoms with E-state index in [-0.39, 0.29) is 5.91 Å².